The van der Waals surface area contributed by atoms with Crippen molar-refractivity contribution in [3.05, 3.63) is 57.1 Å². The zero-order valence-corrected chi connectivity index (χ0v) is 13.4. The molecular formula is C14H14ClN3O3S. The molecule has 0 radical (unpaired) electrons. The Hall–Kier alpha value is -1.99. The van der Waals surface area contributed by atoms with Gasteiger partial charge < -0.3 is 5.32 Å². The van der Waals surface area contributed by atoms with Crippen LogP contribution in [0.15, 0.2) is 41.4 Å². The summed E-state index contributed by atoms with van der Waals surface area (Å²) < 4.78 is 11.5. The minimum Gasteiger partial charge on any atom is -0.364 e. The molecule has 0 amide bonds. The van der Waals surface area contributed by atoms with Crippen LogP contribution in [0, 0.1) is 10.1 Å². The maximum Gasteiger partial charge on any atom is 0.311 e. The lowest BCUT2D eigenvalue weighted by molar-refractivity contribution is -0.384. The molecule has 0 aliphatic carbocycles. The van der Waals surface area contributed by atoms with Crippen molar-refractivity contribution in [2.75, 3.05) is 18.1 Å². The van der Waals surface area contributed by atoms with Crippen molar-refractivity contribution in [3.63, 3.8) is 0 Å². The summed E-state index contributed by atoms with van der Waals surface area (Å²) in [5, 5.41) is 14.9. The van der Waals surface area contributed by atoms with Gasteiger partial charge >= 0.3 is 5.69 Å². The van der Waals surface area contributed by atoms with Crippen LogP contribution in [0.3, 0.4) is 0 Å². The van der Waals surface area contributed by atoms with E-state index < -0.39 is 15.7 Å². The van der Waals surface area contributed by atoms with E-state index in [-0.39, 0.29) is 11.5 Å². The molecule has 1 unspecified atom stereocenters. The number of benzene rings is 1. The summed E-state index contributed by atoms with van der Waals surface area (Å²) in [5.74, 6) is 0.116. The minimum atomic E-state index is -1.30. The molecule has 1 aromatic carbocycles. The van der Waals surface area contributed by atoms with Crippen LogP contribution < -0.4 is 5.32 Å². The van der Waals surface area contributed by atoms with Crippen molar-refractivity contribution in [1.82, 2.24) is 4.98 Å². The quantitative estimate of drug-likeness (QED) is 0.645. The molecule has 0 aliphatic rings. The van der Waals surface area contributed by atoms with Gasteiger partial charge in [-0.2, -0.15) is 0 Å². The molecule has 2 rings (SSSR count). The third kappa shape index (κ3) is 4.02. The van der Waals surface area contributed by atoms with Crippen LogP contribution >= 0.6 is 11.6 Å². The average molecular weight is 340 g/mol. The Bertz CT molecular complexity index is 724. The van der Waals surface area contributed by atoms with Crippen LogP contribution in [-0.4, -0.2) is 26.9 Å². The van der Waals surface area contributed by atoms with Crippen LogP contribution in [0.1, 0.15) is 5.56 Å². The lowest BCUT2D eigenvalue weighted by Crippen LogP contribution is -2.10. The minimum absolute atomic E-state index is 0.116. The van der Waals surface area contributed by atoms with Crippen molar-refractivity contribution < 1.29 is 9.13 Å². The maximum atomic E-state index is 11.5. The fourth-order valence-corrected chi connectivity index (χ4v) is 2.60. The van der Waals surface area contributed by atoms with Gasteiger partial charge in [-0.3, -0.25) is 14.3 Å². The fraction of sp³-hybridized carbons (Fsp3) is 0.214. The molecule has 1 atom stereocenters. The van der Waals surface area contributed by atoms with E-state index in [0.29, 0.717) is 23.0 Å². The van der Waals surface area contributed by atoms with Gasteiger partial charge in [0.15, 0.2) is 0 Å². The highest BCUT2D eigenvalue weighted by molar-refractivity contribution is 7.84. The standard InChI is InChI=1S/C14H14ClN3O3S/c1-22(21)13-7-6-12(18(19)20)14(17-13)16-9-8-10-4-2-3-5-11(10)15/h2-7H,8-9H2,1H3,(H,16,17). The summed E-state index contributed by atoms with van der Waals surface area (Å²) in [6.45, 7) is 0.428. The molecule has 6 nitrogen and oxygen atoms in total. The number of nitrogens with zero attached hydrogens (tertiary/aromatic N) is 2. The highest BCUT2D eigenvalue weighted by atomic mass is 35.5. The molecule has 116 valence electrons. The molecule has 2 aromatic rings. The number of rotatable bonds is 6. The molecule has 0 spiro atoms. The predicted molar refractivity (Wildman–Crippen MR) is 86.9 cm³/mol. The summed E-state index contributed by atoms with van der Waals surface area (Å²) >= 11 is 6.06. The van der Waals surface area contributed by atoms with Gasteiger partial charge in [0.05, 0.1) is 15.7 Å². The second-order valence-electron chi connectivity index (χ2n) is 4.50. The van der Waals surface area contributed by atoms with E-state index in [1.165, 1.54) is 18.4 Å². The normalized spacial score (nSPS) is 11.9. The number of anilines is 1. The molecule has 22 heavy (non-hydrogen) atoms. The van der Waals surface area contributed by atoms with E-state index in [0.717, 1.165) is 5.56 Å². The molecule has 0 saturated carbocycles. The number of hydrogen-bond donors (Lipinski definition) is 1. The summed E-state index contributed by atoms with van der Waals surface area (Å²) in [4.78, 5) is 14.6. The number of hydrogen-bond acceptors (Lipinski definition) is 5. The number of nitrogens with one attached hydrogen (secondary N) is 1. The van der Waals surface area contributed by atoms with Gasteiger partial charge in [0.25, 0.3) is 0 Å². The van der Waals surface area contributed by atoms with Crippen LogP contribution in [0.4, 0.5) is 11.5 Å². The smallest absolute Gasteiger partial charge is 0.311 e. The fourth-order valence-electron chi connectivity index (χ4n) is 1.89. The van der Waals surface area contributed by atoms with Gasteiger partial charge in [-0.1, -0.05) is 29.8 Å². The summed E-state index contributed by atoms with van der Waals surface area (Å²) in [6, 6.07) is 10.1. The van der Waals surface area contributed by atoms with Gasteiger partial charge in [-0.25, -0.2) is 4.98 Å². The molecule has 0 aliphatic heterocycles. The summed E-state index contributed by atoms with van der Waals surface area (Å²) in [7, 11) is -1.30. The number of nitro groups is 1. The Labute approximate surface area is 135 Å². The largest absolute Gasteiger partial charge is 0.364 e. The van der Waals surface area contributed by atoms with Crippen molar-refractivity contribution in [2.24, 2.45) is 0 Å². The third-order valence-electron chi connectivity index (χ3n) is 2.98. The van der Waals surface area contributed by atoms with Gasteiger partial charge in [0.1, 0.15) is 5.03 Å². The van der Waals surface area contributed by atoms with Crippen LogP contribution in [0.5, 0.6) is 0 Å². The molecule has 0 fully saturated rings. The lowest BCUT2D eigenvalue weighted by Gasteiger charge is -2.08. The first-order chi connectivity index (χ1) is 10.5. The Balaban J connectivity index is 2.14. The second-order valence-corrected chi connectivity index (χ2v) is 6.23. The maximum absolute atomic E-state index is 11.5. The molecule has 8 heteroatoms. The average Bonchev–Trinajstić information content (AvgIpc) is 2.48. The van der Waals surface area contributed by atoms with Crippen LogP contribution in [0.25, 0.3) is 0 Å². The Kier molecular flexibility index (Phi) is 5.46. The van der Waals surface area contributed by atoms with Crippen molar-refractivity contribution in [3.8, 4) is 0 Å². The van der Waals surface area contributed by atoms with E-state index in [2.05, 4.69) is 10.3 Å². The van der Waals surface area contributed by atoms with Crippen molar-refractivity contribution >= 4 is 33.9 Å². The Morgan fingerprint density at radius 2 is 2.05 bits per heavy atom. The monoisotopic (exact) mass is 339 g/mol. The highest BCUT2D eigenvalue weighted by Crippen LogP contribution is 2.23. The van der Waals surface area contributed by atoms with Crippen LogP contribution in [0.2, 0.25) is 5.02 Å². The summed E-state index contributed by atoms with van der Waals surface area (Å²) in [6.07, 6.45) is 2.07. The first-order valence-corrected chi connectivity index (χ1v) is 8.39. The molecule has 1 N–H and O–H groups in total. The van der Waals surface area contributed by atoms with E-state index >= 15 is 0 Å². The lowest BCUT2D eigenvalue weighted by atomic mass is 10.1. The molecule has 0 saturated heterocycles. The summed E-state index contributed by atoms with van der Waals surface area (Å²) in [5.41, 5.74) is 0.794. The first kappa shape index (κ1) is 16.4. The molecule has 0 bridgehead atoms. The molecule has 1 aromatic heterocycles. The third-order valence-corrected chi connectivity index (χ3v) is 4.17. The van der Waals surface area contributed by atoms with Gasteiger partial charge in [-0.15, -0.1) is 0 Å². The molecule has 1 heterocycles. The van der Waals surface area contributed by atoms with Crippen molar-refractivity contribution in [2.45, 2.75) is 11.4 Å². The van der Waals surface area contributed by atoms with E-state index in [4.69, 9.17) is 11.6 Å². The zero-order valence-electron chi connectivity index (χ0n) is 11.8. The Morgan fingerprint density at radius 1 is 1.32 bits per heavy atom. The topological polar surface area (TPSA) is 85.1 Å². The second kappa shape index (κ2) is 7.33. The van der Waals surface area contributed by atoms with Gasteiger partial charge in [0, 0.05) is 23.9 Å². The van der Waals surface area contributed by atoms with Gasteiger partial charge in [-0.05, 0) is 24.1 Å². The number of aromatic nitrogens is 1. The number of halogens is 1. The number of pyridine rings is 1. The SMILES string of the molecule is CS(=O)c1ccc([N+](=O)[O-])c(NCCc2ccccc2Cl)n1. The zero-order chi connectivity index (χ0) is 16.1. The van der Waals surface area contributed by atoms with E-state index in [1.54, 1.807) is 6.07 Å². The van der Waals surface area contributed by atoms with Gasteiger partial charge in [0.2, 0.25) is 5.82 Å². The first-order valence-electron chi connectivity index (χ1n) is 6.45. The van der Waals surface area contributed by atoms with E-state index in [9.17, 15) is 14.3 Å². The van der Waals surface area contributed by atoms with Crippen LogP contribution in [-0.2, 0) is 17.2 Å². The molecular weight excluding hydrogens is 326 g/mol. The van der Waals surface area contributed by atoms with E-state index in [1.807, 2.05) is 18.2 Å². The van der Waals surface area contributed by atoms with Crippen molar-refractivity contribution in [1.29, 1.82) is 0 Å². The Morgan fingerprint density at radius 3 is 2.68 bits per heavy atom. The highest BCUT2D eigenvalue weighted by Gasteiger charge is 2.16. The predicted octanol–water partition coefficient (Wildman–Crippen LogP) is 3.04.